The van der Waals surface area contributed by atoms with Gasteiger partial charge < -0.3 is 14.9 Å². The Kier molecular flexibility index (Phi) is 4.33. The zero-order chi connectivity index (χ0) is 20.3. The molecule has 2 aromatic rings. The van der Waals surface area contributed by atoms with Gasteiger partial charge in [0.25, 0.3) is 0 Å². The molecule has 152 valence electrons. The van der Waals surface area contributed by atoms with Gasteiger partial charge in [-0.15, -0.1) is 0 Å². The van der Waals surface area contributed by atoms with Crippen LogP contribution in [-0.4, -0.2) is 44.8 Å². The standard InChI is InChI=1S/C22H26ClN5O/c1-13-7-18-16(21(25-12-24-18)27-9-14(10-27)22(2,3)29)11-28(13)19-8-20(23)26-17-6-4-5-15(17)19/h4-5,8,12-14,29H,6-7,9-11H2,1-3H3/t13-/m1/s1. The largest absolute Gasteiger partial charge is 0.390 e. The van der Waals surface area contributed by atoms with E-state index in [1.165, 1.54) is 11.1 Å². The first kappa shape index (κ1) is 18.8. The molecule has 0 spiro atoms. The molecule has 29 heavy (non-hydrogen) atoms. The normalized spacial score (nSPS) is 21.2. The van der Waals surface area contributed by atoms with Gasteiger partial charge in [0.15, 0.2) is 0 Å². The molecule has 1 saturated heterocycles. The van der Waals surface area contributed by atoms with E-state index < -0.39 is 5.60 Å². The molecule has 5 rings (SSSR count). The molecule has 1 fully saturated rings. The van der Waals surface area contributed by atoms with Gasteiger partial charge in [-0.3, -0.25) is 0 Å². The molecule has 1 N–H and O–H groups in total. The Morgan fingerprint density at radius 2 is 2.00 bits per heavy atom. The van der Waals surface area contributed by atoms with Crippen molar-refractivity contribution in [2.75, 3.05) is 22.9 Å². The highest BCUT2D eigenvalue weighted by atomic mass is 35.5. The van der Waals surface area contributed by atoms with E-state index in [0.717, 1.165) is 55.4 Å². The van der Waals surface area contributed by atoms with Crippen LogP contribution in [0.5, 0.6) is 0 Å². The van der Waals surface area contributed by atoms with E-state index in [0.29, 0.717) is 11.2 Å². The number of pyridine rings is 1. The van der Waals surface area contributed by atoms with Gasteiger partial charge in [-0.1, -0.05) is 23.8 Å². The predicted octanol–water partition coefficient (Wildman–Crippen LogP) is 3.25. The van der Waals surface area contributed by atoms with Crippen molar-refractivity contribution in [1.29, 1.82) is 0 Å². The summed E-state index contributed by atoms with van der Waals surface area (Å²) in [6.07, 6.45) is 7.68. The second-order valence-corrected chi connectivity index (χ2v) is 9.38. The number of aliphatic hydroxyl groups is 1. The summed E-state index contributed by atoms with van der Waals surface area (Å²) >= 11 is 6.35. The second-order valence-electron chi connectivity index (χ2n) is 8.99. The highest BCUT2D eigenvalue weighted by Crippen LogP contribution is 2.39. The van der Waals surface area contributed by atoms with E-state index in [-0.39, 0.29) is 5.92 Å². The quantitative estimate of drug-likeness (QED) is 0.782. The first-order valence-corrected chi connectivity index (χ1v) is 10.6. The van der Waals surface area contributed by atoms with Gasteiger partial charge in [0.1, 0.15) is 17.3 Å². The maximum atomic E-state index is 10.3. The number of aromatic nitrogens is 3. The SMILES string of the molecule is C[C@@H]1Cc2ncnc(N3CC(C(C)(C)O)C3)c2CN1c1cc(Cl)nc2c1C=CC2. The molecule has 0 bridgehead atoms. The summed E-state index contributed by atoms with van der Waals surface area (Å²) in [6, 6.07) is 2.29. The summed E-state index contributed by atoms with van der Waals surface area (Å²) in [5.41, 5.74) is 5.01. The fourth-order valence-corrected chi connectivity index (χ4v) is 4.81. The van der Waals surface area contributed by atoms with Gasteiger partial charge in [-0.2, -0.15) is 0 Å². The van der Waals surface area contributed by atoms with E-state index in [1.54, 1.807) is 6.33 Å². The topological polar surface area (TPSA) is 65.4 Å². The van der Waals surface area contributed by atoms with Crippen LogP contribution < -0.4 is 9.80 Å². The van der Waals surface area contributed by atoms with Crippen LogP contribution in [0.1, 0.15) is 43.3 Å². The highest BCUT2D eigenvalue weighted by Gasteiger charge is 2.40. The molecule has 1 aliphatic carbocycles. The third kappa shape index (κ3) is 3.19. The average Bonchev–Trinajstić information content (AvgIpc) is 3.06. The molecule has 2 aromatic heterocycles. The van der Waals surface area contributed by atoms with Crippen molar-refractivity contribution >= 4 is 29.2 Å². The third-order valence-corrected chi connectivity index (χ3v) is 6.72. The molecule has 0 amide bonds. The van der Waals surface area contributed by atoms with Gasteiger partial charge in [0, 0.05) is 61.2 Å². The van der Waals surface area contributed by atoms with Gasteiger partial charge in [0.2, 0.25) is 0 Å². The number of hydrogen-bond acceptors (Lipinski definition) is 6. The minimum Gasteiger partial charge on any atom is -0.390 e. The Balaban J connectivity index is 1.48. The van der Waals surface area contributed by atoms with E-state index in [2.05, 4.69) is 43.8 Å². The highest BCUT2D eigenvalue weighted by molar-refractivity contribution is 6.29. The minimum absolute atomic E-state index is 0.263. The Morgan fingerprint density at radius 3 is 2.76 bits per heavy atom. The summed E-state index contributed by atoms with van der Waals surface area (Å²) in [7, 11) is 0. The molecule has 7 heteroatoms. The van der Waals surface area contributed by atoms with Crippen LogP contribution in [0.25, 0.3) is 6.08 Å². The van der Waals surface area contributed by atoms with E-state index in [9.17, 15) is 5.11 Å². The lowest BCUT2D eigenvalue weighted by Crippen LogP contribution is -2.56. The van der Waals surface area contributed by atoms with E-state index >= 15 is 0 Å². The van der Waals surface area contributed by atoms with Crippen LogP contribution in [0.15, 0.2) is 18.5 Å². The van der Waals surface area contributed by atoms with Crippen LogP contribution in [0.2, 0.25) is 5.15 Å². The van der Waals surface area contributed by atoms with Crippen LogP contribution in [0.3, 0.4) is 0 Å². The molecule has 1 atom stereocenters. The number of anilines is 2. The van der Waals surface area contributed by atoms with Crippen LogP contribution in [0.4, 0.5) is 11.5 Å². The van der Waals surface area contributed by atoms with Crippen molar-refractivity contribution in [3.8, 4) is 0 Å². The van der Waals surface area contributed by atoms with Crippen LogP contribution in [-0.2, 0) is 19.4 Å². The molecular weight excluding hydrogens is 386 g/mol. The molecule has 0 aromatic carbocycles. The lowest BCUT2D eigenvalue weighted by molar-refractivity contribution is 0.00432. The monoisotopic (exact) mass is 411 g/mol. The summed E-state index contributed by atoms with van der Waals surface area (Å²) in [4.78, 5) is 18.4. The number of hydrogen-bond donors (Lipinski definition) is 1. The van der Waals surface area contributed by atoms with E-state index in [4.69, 9.17) is 11.6 Å². The molecule has 2 aliphatic heterocycles. The summed E-state index contributed by atoms with van der Waals surface area (Å²) < 4.78 is 0. The first-order chi connectivity index (χ1) is 13.8. The Labute approximate surface area is 176 Å². The Morgan fingerprint density at radius 1 is 1.21 bits per heavy atom. The zero-order valence-electron chi connectivity index (χ0n) is 17.1. The summed E-state index contributed by atoms with van der Waals surface area (Å²) in [5, 5.41) is 10.8. The number of halogens is 1. The minimum atomic E-state index is -0.662. The molecule has 0 saturated carbocycles. The lowest BCUT2D eigenvalue weighted by atomic mass is 9.84. The molecule has 3 aliphatic rings. The van der Waals surface area contributed by atoms with Crippen molar-refractivity contribution in [3.63, 3.8) is 0 Å². The maximum absolute atomic E-state index is 10.3. The van der Waals surface area contributed by atoms with Gasteiger partial charge in [-0.25, -0.2) is 15.0 Å². The maximum Gasteiger partial charge on any atom is 0.137 e. The first-order valence-electron chi connectivity index (χ1n) is 10.2. The van der Waals surface area contributed by atoms with Crippen molar-refractivity contribution in [2.24, 2.45) is 5.92 Å². The molecular formula is C22H26ClN5O. The molecule has 0 unspecified atom stereocenters. The summed E-state index contributed by atoms with van der Waals surface area (Å²) in [6.45, 7) is 8.39. The van der Waals surface area contributed by atoms with Gasteiger partial charge in [0.05, 0.1) is 17.0 Å². The van der Waals surface area contributed by atoms with Crippen molar-refractivity contribution in [3.05, 3.63) is 46.1 Å². The number of allylic oxidation sites excluding steroid dienone is 1. The molecule has 6 nitrogen and oxygen atoms in total. The predicted molar refractivity (Wildman–Crippen MR) is 115 cm³/mol. The number of fused-ring (bicyclic) bond motifs is 2. The Bertz CT molecular complexity index is 993. The Hall–Kier alpha value is -2.18. The summed E-state index contributed by atoms with van der Waals surface area (Å²) in [5.74, 6) is 1.26. The van der Waals surface area contributed by atoms with E-state index in [1.807, 2.05) is 19.9 Å². The number of nitrogens with zero attached hydrogens (tertiary/aromatic N) is 5. The molecule has 0 radical (unpaired) electrons. The lowest BCUT2D eigenvalue weighted by Gasteiger charge is -2.47. The smallest absolute Gasteiger partial charge is 0.137 e. The molecule has 4 heterocycles. The van der Waals surface area contributed by atoms with Gasteiger partial charge in [-0.05, 0) is 26.8 Å². The van der Waals surface area contributed by atoms with Crippen LogP contribution in [0, 0.1) is 5.92 Å². The van der Waals surface area contributed by atoms with Crippen LogP contribution >= 0.6 is 11.6 Å². The average molecular weight is 412 g/mol. The van der Waals surface area contributed by atoms with Gasteiger partial charge >= 0.3 is 0 Å². The van der Waals surface area contributed by atoms with Crippen molar-refractivity contribution in [1.82, 2.24) is 15.0 Å². The third-order valence-electron chi connectivity index (χ3n) is 6.53. The fraction of sp³-hybridized carbons (Fsp3) is 0.500. The number of rotatable bonds is 3. The van der Waals surface area contributed by atoms with Crippen molar-refractivity contribution in [2.45, 2.75) is 51.8 Å². The van der Waals surface area contributed by atoms with Crippen molar-refractivity contribution < 1.29 is 5.11 Å². The second kappa shape index (κ2) is 6.67. The zero-order valence-corrected chi connectivity index (χ0v) is 17.8. The fourth-order valence-electron chi connectivity index (χ4n) is 4.61.